The van der Waals surface area contributed by atoms with Crippen molar-refractivity contribution in [2.45, 2.75) is 57.8 Å². The zero-order valence-electron chi connectivity index (χ0n) is 18.4. The molecule has 0 spiro atoms. The number of nitrogens with one attached hydrogen (secondary N) is 1. The summed E-state index contributed by atoms with van der Waals surface area (Å²) < 4.78 is 52.2. The quantitative estimate of drug-likeness (QED) is 0.456. The zero-order chi connectivity index (χ0) is 24.5. The van der Waals surface area contributed by atoms with Crippen LogP contribution in [0.5, 0.6) is 5.75 Å². The second-order valence-corrected chi connectivity index (χ2v) is 9.48. The van der Waals surface area contributed by atoms with E-state index in [1.807, 2.05) is 0 Å². The Labute approximate surface area is 190 Å². The van der Waals surface area contributed by atoms with Crippen LogP contribution < -0.4 is 9.03 Å². The third kappa shape index (κ3) is 4.97. The molecule has 11 nitrogen and oxygen atoms in total. The van der Waals surface area contributed by atoms with Gasteiger partial charge in [-0.15, -0.1) is 0 Å². The molecule has 1 aliphatic carbocycles. The van der Waals surface area contributed by atoms with Crippen molar-refractivity contribution in [3.05, 3.63) is 23.5 Å². The van der Waals surface area contributed by atoms with Crippen molar-refractivity contribution in [2.75, 3.05) is 17.9 Å². The van der Waals surface area contributed by atoms with Crippen molar-refractivity contribution >= 4 is 33.9 Å². The highest BCUT2D eigenvalue weighted by Crippen LogP contribution is 2.43. The van der Waals surface area contributed by atoms with Gasteiger partial charge in [-0.2, -0.15) is 8.42 Å². The minimum Gasteiger partial charge on any atom is -0.506 e. The number of rotatable bonds is 6. The lowest BCUT2D eigenvalue weighted by molar-refractivity contribution is -0.165. The van der Waals surface area contributed by atoms with E-state index >= 15 is 4.39 Å². The van der Waals surface area contributed by atoms with Gasteiger partial charge in [0.2, 0.25) is 6.29 Å². The summed E-state index contributed by atoms with van der Waals surface area (Å²) >= 11 is 0. The van der Waals surface area contributed by atoms with Crippen LogP contribution in [0.3, 0.4) is 0 Å². The summed E-state index contributed by atoms with van der Waals surface area (Å²) in [6, 6.07) is 2.00. The Hall–Kier alpha value is -3.09. The summed E-state index contributed by atoms with van der Waals surface area (Å²) in [4.78, 5) is 36.8. The number of ether oxygens (including phenoxy) is 2. The van der Waals surface area contributed by atoms with Crippen molar-refractivity contribution in [2.24, 2.45) is 0 Å². The highest BCUT2D eigenvalue weighted by molar-refractivity contribution is 7.92. The Morgan fingerprint density at radius 3 is 2.64 bits per heavy atom. The highest BCUT2D eigenvalue weighted by Gasteiger charge is 2.41. The fraction of sp³-hybridized carbons (Fsp3) is 0.550. The number of carbonyl (C=O) groups excluding carboxylic acids is 3. The average molecular weight is 488 g/mol. The molecule has 1 heterocycles. The van der Waals surface area contributed by atoms with Gasteiger partial charge in [-0.1, -0.05) is 19.4 Å². The summed E-state index contributed by atoms with van der Waals surface area (Å²) in [5, 5.41) is 10.2. The third-order valence-corrected chi connectivity index (χ3v) is 7.09. The number of aromatic hydroxyl groups is 1. The summed E-state index contributed by atoms with van der Waals surface area (Å²) in [5.74, 6) is -3.52. The van der Waals surface area contributed by atoms with Crippen LogP contribution in [-0.4, -0.2) is 62.3 Å². The Morgan fingerprint density at radius 2 is 2.03 bits per heavy atom. The summed E-state index contributed by atoms with van der Waals surface area (Å²) in [7, 11) is -2.86. The smallest absolute Gasteiger partial charge is 0.412 e. The average Bonchev–Trinajstić information content (AvgIpc) is 3.31. The van der Waals surface area contributed by atoms with Gasteiger partial charge in [-0.25, -0.2) is 18.2 Å². The molecule has 33 heavy (non-hydrogen) atoms. The molecule has 182 valence electrons. The van der Waals surface area contributed by atoms with Gasteiger partial charge < -0.3 is 19.5 Å². The molecule has 1 aliphatic heterocycles. The van der Waals surface area contributed by atoms with Gasteiger partial charge in [0.25, 0.3) is 5.91 Å². The van der Waals surface area contributed by atoms with E-state index in [9.17, 15) is 27.9 Å². The molecule has 0 aromatic heterocycles. The van der Waals surface area contributed by atoms with Crippen LogP contribution in [0, 0.1) is 5.82 Å². The molecule has 2 amide bonds. The monoisotopic (exact) mass is 487 g/mol. The first-order valence-corrected chi connectivity index (χ1v) is 11.9. The molecule has 2 N–H and O–H groups in total. The second kappa shape index (κ2) is 9.41. The normalized spacial score (nSPS) is 22.5. The second-order valence-electron chi connectivity index (χ2n) is 7.88. The van der Waals surface area contributed by atoms with E-state index in [4.69, 9.17) is 9.47 Å². The van der Waals surface area contributed by atoms with E-state index in [2.05, 4.69) is 0 Å². The van der Waals surface area contributed by atoms with Crippen LogP contribution in [0.15, 0.2) is 12.1 Å². The van der Waals surface area contributed by atoms with Crippen molar-refractivity contribution < 1.29 is 41.8 Å². The maximum Gasteiger partial charge on any atom is 0.412 e. The number of carbonyl (C=O) groups is 3. The lowest BCUT2D eigenvalue weighted by Gasteiger charge is -2.31. The van der Waals surface area contributed by atoms with Crippen LogP contribution in [0.1, 0.15) is 51.0 Å². The van der Waals surface area contributed by atoms with Crippen LogP contribution in [0.4, 0.5) is 14.9 Å². The van der Waals surface area contributed by atoms with Gasteiger partial charge >= 0.3 is 22.3 Å². The van der Waals surface area contributed by atoms with Crippen molar-refractivity contribution in [1.29, 1.82) is 0 Å². The van der Waals surface area contributed by atoms with Gasteiger partial charge in [0.1, 0.15) is 18.0 Å². The van der Waals surface area contributed by atoms with Gasteiger partial charge in [-0.3, -0.25) is 9.59 Å². The molecule has 3 unspecified atom stereocenters. The standard InChI is InChI=1S/C20H26FN3O8S/c1-4-17(27)31-11(2)32-20(28)23(3)14-7-5-6-12(14)13-8-9-15(25)19(18(13)21)24-10-16(26)22-33(24,29)30/h8-9,11-12,14,25H,4-7,10H2,1-3H3,(H,22,26). The SMILES string of the molecule is CCC(=O)OC(C)OC(=O)N(C)C1CCCC1c1ccc(O)c(N2CC(=O)NS2(=O)=O)c1F. The van der Waals surface area contributed by atoms with Crippen molar-refractivity contribution in [1.82, 2.24) is 9.62 Å². The van der Waals surface area contributed by atoms with E-state index in [1.165, 1.54) is 24.9 Å². The Morgan fingerprint density at radius 1 is 1.33 bits per heavy atom. The Balaban J connectivity index is 1.85. The Bertz CT molecular complexity index is 1060. The van der Waals surface area contributed by atoms with E-state index in [-0.39, 0.29) is 12.0 Å². The van der Waals surface area contributed by atoms with Crippen molar-refractivity contribution in [3.8, 4) is 5.75 Å². The number of anilines is 1. The largest absolute Gasteiger partial charge is 0.506 e. The molecule has 13 heteroatoms. The summed E-state index contributed by atoms with van der Waals surface area (Å²) in [6.45, 7) is 2.35. The maximum absolute atomic E-state index is 15.5. The summed E-state index contributed by atoms with van der Waals surface area (Å²) in [6.07, 6.45) is -0.0662. The fourth-order valence-electron chi connectivity index (χ4n) is 4.16. The fourth-order valence-corrected chi connectivity index (χ4v) is 5.32. The first-order valence-electron chi connectivity index (χ1n) is 10.4. The number of halogens is 1. The molecule has 1 aromatic carbocycles. The van der Waals surface area contributed by atoms with Crippen LogP contribution in [-0.2, 0) is 29.3 Å². The van der Waals surface area contributed by atoms with Crippen LogP contribution in [0.2, 0.25) is 0 Å². The highest BCUT2D eigenvalue weighted by atomic mass is 32.2. The van der Waals surface area contributed by atoms with Gasteiger partial charge in [-0.05, 0) is 24.5 Å². The minimum atomic E-state index is -4.34. The minimum absolute atomic E-state index is 0.102. The first kappa shape index (κ1) is 24.6. The molecule has 1 aromatic rings. The van der Waals surface area contributed by atoms with Gasteiger partial charge in [0.15, 0.2) is 5.82 Å². The predicted molar refractivity (Wildman–Crippen MR) is 113 cm³/mol. The van der Waals surface area contributed by atoms with E-state index in [0.29, 0.717) is 23.6 Å². The van der Waals surface area contributed by atoms with Crippen molar-refractivity contribution in [3.63, 3.8) is 0 Å². The number of likely N-dealkylation sites (N-methyl/N-ethyl adjacent to an activating group) is 1. The molecule has 2 aliphatic rings. The molecule has 3 rings (SSSR count). The number of phenolic OH excluding ortho intramolecular Hbond substituents is 1. The number of nitrogens with zero attached hydrogens (tertiary/aromatic N) is 2. The molecular formula is C20H26FN3O8S. The topological polar surface area (TPSA) is 143 Å². The molecule has 3 atom stereocenters. The van der Waals surface area contributed by atoms with Crippen LogP contribution in [0.25, 0.3) is 0 Å². The molecule has 0 bridgehead atoms. The number of amides is 2. The third-order valence-electron chi connectivity index (χ3n) is 5.71. The predicted octanol–water partition coefficient (Wildman–Crippen LogP) is 1.72. The molecule has 2 fully saturated rings. The molecule has 0 radical (unpaired) electrons. The summed E-state index contributed by atoms with van der Waals surface area (Å²) in [5.41, 5.74) is -0.521. The molecule has 1 saturated carbocycles. The molecule has 1 saturated heterocycles. The van der Waals surface area contributed by atoms with Gasteiger partial charge in [0.05, 0.1) is 0 Å². The number of benzene rings is 1. The lowest BCUT2D eigenvalue weighted by Crippen LogP contribution is -2.41. The lowest BCUT2D eigenvalue weighted by atomic mass is 9.92. The number of phenols is 1. The Kier molecular flexibility index (Phi) is 7.00. The first-order chi connectivity index (χ1) is 15.5. The maximum atomic E-state index is 15.5. The zero-order valence-corrected chi connectivity index (χ0v) is 19.2. The van der Waals surface area contributed by atoms with E-state index in [0.717, 1.165) is 6.07 Å². The van der Waals surface area contributed by atoms with Gasteiger partial charge in [0, 0.05) is 32.4 Å². The molecular weight excluding hydrogens is 461 g/mol. The number of hydrogen-bond donors (Lipinski definition) is 2. The number of esters is 1. The number of hydrogen-bond acceptors (Lipinski definition) is 8. The van der Waals surface area contributed by atoms with Crippen LogP contribution >= 0.6 is 0 Å². The van der Waals surface area contributed by atoms with E-state index in [1.54, 1.807) is 11.6 Å². The van der Waals surface area contributed by atoms with E-state index < -0.39 is 70.2 Å².